The number of thioether (sulfide) groups is 1. The lowest BCUT2D eigenvalue weighted by molar-refractivity contribution is 0.640. The first-order valence-corrected chi connectivity index (χ1v) is 6.18. The maximum Gasteiger partial charge on any atom is 0.156 e. The van der Waals surface area contributed by atoms with Crippen LogP contribution in [0.5, 0.6) is 0 Å². The summed E-state index contributed by atoms with van der Waals surface area (Å²) in [4.78, 5) is 4.61. The number of rotatable bonds is 2. The zero-order chi connectivity index (χ0) is 9.26. The molecule has 1 saturated carbocycles. The van der Waals surface area contributed by atoms with Gasteiger partial charge in [-0.05, 0) is 31.6 Å². The molecule has 2 fully saturated rings. The first kappa shape index (κ1) is 9.38. The molecule has 0 spiro atoms. The van der Waals surface area contributed by atoms with Crippen molar-refractivity contribution in [3.8, 4) is 0 Å². The van der Waals surface area contributed by atoms with Crippen LogP contribution in [0.25, 0.3) is 0 Å². The molecule has 1 aliphatic carbocycles. The molecule has 0 aromatic heterocycles. The van der Waals surface area contributed by atoms with Crippen LogP contribution in [0, 0.1) is 11.8 Å². The van der Waals surface area contributed by atoms with Gasteiger partial charge in [0, 0.05) is 18.3 Å². The first-order chi connectivity index (χ1) is 6.25. The van der Waals surface area contributed by atoms with Gasteiger partial charge < -0.3 is 5.32 Å². The fraction of sp³-hybridized carbons (Fsp3) is 0.900. The quantitative estimate of drug-likeness (QED) is 0.735. The molecule has 0 aromatic carbocycles. The predicted octanol–water partition coefficient (Wildman–Crippen LogP) is 2.11. The van der Waals surface area contributed by atoms with E-state index in [1.165, 1.54) is 23.8 Å². The molecule has 2 aliphatic rings. The van der Waals surface area contributed by atoms with Gasteiger partial charge in [0.25, 0.3) is 0 Å². The van der Waals surface area contributed by atoms with Gasteiger partial charge in [-0.1, -0.05) is 18.7 Å². The van der Waals surface area contributed by atoms with Crippen molar-refractivity contribution in [3.63, 3.8) is 0 Å². The average Bonchev–Trinajstić information content (AvgIpc) is 2.79. The highest BCUT2D eigenvalue weighted by Crippen LogP contribution is 2.37. The Morgan fingerprint density at radius 1 is 1.54 bits per heavy atom. The smallest absolute Gasteiger partial charge is 0.156 e. The molecule has 0 amide bonds. The van der Waals surface area contributed by atoms with Crippen molar-refractivity contribution < 1.29 is 0 Å². The van der Waals surface area contributed by atoms with Crippen LogP contribution in [0.4, 0.5) is 0 Å². The van der Waals surface area contributed by atoms with Crippen LogP contribution in [0.2, 0.25) is 0 Å². The minimum atomic E-state index is 0.622. The van der Waals surface area contributed by atoms with Crippen LogP contribution >= 0.6 is 11.8 Å². The average molecular weight is 198 g/mol. The molecule has 1 heterocycles. The Morgan fingerprint density at radius 3 is 2.92 bits per heavy atom. The lowest BCUT2D eigenvalue weighted by Gasteiger charge is -2.21. The number of nitrogens with zero attached hydrogens (tertiary/aromatic N) is 1. The Bertz CT molecular complexity index is 215. The molecule has 3 atom stereocenters. The van der Waals surface area contributed by atoms with Gasteiger partial charge in [0.1, 0.15) is 0 Å². The first-order valence-electron chi connectivity index (χ1n) is 5.19. The normalized spacial score (nSPS) is 41.7. The summed E-state index contributed by atoms with van der Waals surface area (Å²) < 4.78 is 0. The van der Waals surface area contributed by atoms with E-state index in [1.807, 2.05) is 11.8 Å². The minimum absolute atomic E-state index is 0.622. The van der Waals surface area contributed by atoms with Gasteiger partial charge in [-0.2, -0.15) is 0 Å². The molecule has 0 radical (unpaired) electrons. The Balaban J connectivity index is 1.78. The highest BCUT2D eigenvalue weighted by Gasteiger charge is 2.32. The molecule has 1 N–H and O–H groups in total. The van der Waals surface area contributed by atoms with Crippen molar-refractivity contribution in [3.05, 3.63) is 0 Å². The van der Waals surface area contributed by atoms with E-state index < -0.39 is 0 Å². The fourth-order valence-electron chi connectivity index (χ4n) is 1.60. The summed E-state index contributed by atoms with van der Waals surface area (Å²) in [6, 6.07) is 0.622. The van der Waals surface area contributed by atoms with E-state index in [9.17, 15) is 0 Å². The molecule has 1 aliphatic heterocycles. The monoisotopic (exact) mass is 198 g/mol. The van der Waals surface area contributed by atoms with Gasteiger partial charge in [0.05, 0.1) is 0 Å². The molecule has 3 heteroatoms. The van der Waals surface area contributed by atoms with Gasteiger partial charge in [-0.25, -0.2) is 0 Å². The lowest BCUT2D eigenvalue weighted by atomic mass is 10.3. The maximum absolute atomic E-state index is 4.61. The van der Waals surface area contributed by atoms with Crippen molar-refractivity contribution in [2.45, 2.75) is 32.7 Å². The SMILES string of the molecule is CC1CCSC(=NCC2CC2C)N1. The van der Waals surface area contributed by atoms with Gasteiger partial charge in [-0.3, -0.25) is 4.99 Å². The summed E-state index contributed by atoms with van der Waals surface area (Å²) in [5.74, 6) is 3.04. The van der Waals surface area contributed by atoms with Gasteiger partial charge >= 0.3 is 0 Å². The Labute approximate surface area is 84.6 Å². The van der Waals surface area contributed by atoms with Crippen molar-refractivity contribution in [1.29, 1.82) is 0 Å². The van der Waals surface area contributed by atoms with E-state index in [0.29, 0.717) is 6.04 Å². The molecule has 0 aromatic rings. The summed E-state index contributed by atoms with van der Waals surface area (Å²) >= 11 is 1.88. The molecule has 2 nitrogen and oxygen atoms in total. The number of hydrogen-bond acceptors (Lipinski definition) is 2. The predicted molar refractivity (Wildman–Crippen MR) is 59.2 cm³/mol. The lowest BCUT2D eigenvalue weighted by Crippen LogP contribution is -2.35. The van der Waals surface area contributed by atoms with E-state index in [0.717, 1.165) is 18.4 Å². The molecule has 13 heavy (non-hydrogen) atoms. The van der Waals surface area contributed by atoms with Gasteiger partial charge in [0.15, 0.2) is 5.17 Å². The molecule has 74 valence electrons. The van der Waals surface area contributed by atoms with E-state index in [1.54, 1.807) is 0 Å². The van der Waals surface area contributed by atoms with Crippen LogP contribution in [0.1, 0.15) is 26.7 Å². The number of aliphatic imine (C=N–C) groups is 1. The van der Waals surface area contributed by atoms with Gasteiger partial charge in [-0.15, -0.1) is 0 Å². The van der Waals surface area contributed by atoms with Crippen molar-refractivity contribution in [2.75, 3.05) is 12.3 Å². The summed E-state index contributed by atoms with van der Waals surface area (Å²) in [6.45, 7) is 5.59. The number of hydrogen-bond donors (Lipinski definition) is 1. The van der Waals surface area contributed by atoms with E-state index >= 15 is 0 Å². The van der Waals surface area contributed by atoms with Crippen LogP contribution < -0.4 is 5.32 Å². The van der Waals surface area contributed by atoms with Crippen LogP contribution in [-0.2, 0) is 0 Å². The zero-order valence-corrected chi connectivity index (χ0v) is 9.23. The molecular formula is C10H18N2S. The Kier molecular flexibility index (Phi) is 2.82. The summed E-state index contributed by atoms with van der Waals surface area (Å²) in [7, 11) is 0. The fourth-order valence-corrected chi connectivity index (χ4v) is 2.72. The third kappa shape index (κ3) is 2.63. The summed E-state index contributed by atoms with van der Waals surface area (Å²) in [6.07, 6.45) is 2.65. The van der Waals surface area contributed by atoms with E-state index in [4.69, 9.17) is 0 Å². The highest BCUT2D eigenvalue weighted by atomic mass is 32.2. The Hall–Kier alpha value is -0.180. The van der Waals surface area contributed by atoms with Crippen LogP contribution in [-0.4, -0.2) is 23.5 Å². The molecule has 1 saturated heterocycles. The Morgan fingerprint density at radius 2 is 2.31 bits per heavy atom. The molecule has 2 rings (SSSR count). The van der Waals surface area contributed by atoms with Crippen molar-refractivity contribution in [1.82, 2.24) is 5.32 Å². The maximum atomic E-state index is 4.61. The van der Waals surface area contributed by atoms with Crippen molar-refractivity contribution >= 4 is 16.9 Å². The van der Waals surface area contributed by atoms with Crippen molar-refractivity contribution in [2.24, 2.45) is 16.8 Å². The molecule has 3 unspecified atom stereocenters. The minimum Gasteiger partial charge on any atom is -0.362 e. The highest BCUT2D eigenvalue weighted by molar-refractivity contribution is 8.13. The third-order valence-electron chi connectivity index (χ3n) is 2.91. The third-order valence-corrected chi connectivity index (χ3v) is 3.87. The van der Waals surface area contributed by atoms with Crippen LogP contribution in [0.15, 0.2) is 4.99 Å². The molecule has 0 bridgehead atoms. The summed E-state index contributed by atoms with van der Waals surface area (Å²) in [5.41, 5.74) is 0. The van der Waals surface area contributed by atoms with E-state index in [2.05, 4.69) is 24.2 Å². The number of nitrogens with one attached hydrogen (secondary N) is 1. The van der Waals surface area contributed by atoms with Crippen LogP contribution in [0.3, 0.4) is 0 Å². The standard InChI is InChI=1S/C10H18N2S/c1-7-5-9(7)6-11-10-12-8(2)3-4-13-10/h7-9H,3-6H2,1-2H3,(H,11,12). The second kappa shape index (κ2) is 3.91. The second-order valence-electron chi connectivity index (χ2n) is 4.30. The number of amidine groups is 1. The van der Waals surface area contributed by atoms with Gasteiger partial charge in [0.2, 0.25) is 0 Å². The summed E-state index contributed by atoms with van der Waals surface area (Å²) in [5, 5.41) is 4.61. The largest absolute Gasteiger partial charge is 0.362 e. The van der Waals surface area contributed by atoms with E-state index in [-0.39, 0.29) is 0 Å². The second-order valence-corrected chi connectivity index (χ2v) is 5.39. The molecular weight excluding hydrogens is 180 g/mol. The zero-order valence-electron chi connectivity index (χ0n) is 8.42. The topological polar surface area (TPSA) is 24.4 Å².